The molecule has 6 aromatic heterocycles. The van der Waals surface area contributed by atoms with Crippen LogP contribution in [0.4, 0.5) is 0 Å². The first-order valence-corrected chi connectivity index (χ1v) is 44.1. The lowest BCUT2D eigenvalue weighted by molar-refractivity contribution is -0.134. The minimum absolute atomic E-state index is 0. The molecule has 0 atom stereocenters. The summed E-state index contributed by atoms with van der Waals surface area (Å²) in [5, 5.41) is 20.0. The molecule has 1 aliphatic rings. The zero-order valence-corrected chi connectivity index (χ0v) is 73.3. The molecule has 0 bridgehead atoms. The fourth-order valence-corrected chi connectivity index (χ4v) is 19.0. The summed E-state index contributed by atoms with van der Waals surface area (Å²) >= 11 is 4.66. The first-order chi connectivity index (χ1) is 61.6. The van der Waals surface area contributed by atoms with Crippen molar-refractivity contribution in [1.29, 1.82) is 0 Å². The lowest BCUT2D eigenvalue weighted by Gasteiger charge is -2.14. The number of hydrogen-bond acceptors (Lipinski definition) is 1. The molecule has 0 aliphatic heterocycles. The van der Waals surface area contributed by atoms with Crippen LogP contribution >= 0.6 is 45.2 Å². The van der Waals surface area contributed by atoms with Crippen molar-refractivity contribution in [2.45, 2.75) is 20.8 Å². The van der Waals surface area contributed by atoms with Crippen LogP contribution in [0, 0.1) is 7.14 Å². The minimum atomic E-state index is -0.833. The topological polar surface area (TPSA) is 66.9 Å². The van der Waals surface area contributed by atoms with Crippen molar-refractivity contribution in [1.82, 2.24) is 27.4 Å². The Morgan fingerprint density at radius 1 is 0.244 bits per heavy atom. The van der Waals surface area contributed by atoms with Crippen LogP contribution in [0.1, 0.15) is 28.3 Å². The van der Waals surface area contributed by atoms with E-state index in [0.29, 0.717) is 0 Å². The van der Waals surface area contributed by atoms with Gasteiger partial charge in [-0.25, -0.2) is 0 Å². The molecule has 8 nitrogen and oxygen atoms in total. The van der Waals surface area contributed by atoms with Gasteiger partial charge in [0.05, 0.1) is 66.6 Å². The van der Waals surface area contributed by atoms with Crippen LogP contribution in [-0.4, -0.2) is 46.9 Å². The highest BCUT2D eigenvalue weighted by Gasteiger charge is 2.24. The van der Waals surface area contributed by atoms with Gasteiger partial charge < -0.3 is 32.5 Å². The van der Waals surface area contributed by atoms with Crippen molar-refractivity contribution in [3.8, 4) is 67.8 Å². The van der Waals surface area contributed by atoms with Gasteiger partial charge in [0.2, 0.25) is 0 Å². The number of para-hydroxylation sites is 9. The van der Waals surface area contributed by atoms with Crippen molar-refractivity contribution in [3.05, 3.63) is 479 Å². The third-order valence-electron chi connectivity index (χ3n) is 23.4. The Hall–Kier alpha value is -14.8. The van der Waals surface area contributed by atoms with E-state index in [1.807, 2.05) is 18.2 Å². The van der Waals surface area contributed by atoms with Crippen LogP contribution < -0.4 is 0 Å². The van der Waals surface area contributed by atoms with Crippen LogP contribution in [0.25, 0.3) is 177 Å². The highest BCUT2D eigenvalue weighted by atomic mass is 127. The Balaban J connectivity index is 0.000000146. The van der Waals surface area contributed by atoms with Gasteiger partial charge in [-0.2, -0.15) is 0 Å². The van der Waals surface area contributed by atoms with E-state index in [0.717, 1.165) is 47.5 Å². The molecule has 1 N–H and O–H groups in total. The molecule has 6 heterocycles. The van der Waals surface area contributed by atoms with E-state index < -0.39 is 5.97 Å². The number of carboxylic acid groups (broad SMARTS) is 1. The molecule has 0 saturated heterocycles. The number of nitrogens with zero attached hydrogens (tertiary/aromatic N) is 6. The van der Waals surface area contributed by atoms with Gasteiger partial charge >= 0.3 is 0 Å². The molecule has 0 spiro atoms. The molecule has 0 amide bonds. The predicted octanol–water partition coefficient (Wildman–Crippen LogP) is 31.7. The molecule has 24 aromatic rings. The first kappa shape index (κ1) is 83.1. The van der Waals surface area contributed by atoms with Crippen molar-refractivity contribution in [2.24, 2.45) is 0 Å². The van der Waals surface area contributed by atoms with Crippen LogP contribution in [0.15, 0.2) is 461 Å². The number of halogens is 2. The summed E-state index contributed by atoms with van der Waals surface area (Å²) in [6.45, 7) is 1.08. The second-order valence-electron chi connectivity index (χ2n) is 31.1. The van der Waals surface area contributed by atoms with Crippen molar-refractivity contribution >= 4 is 169 Å². The fraction of sp³-hybridized carbons (Fsp3) is 0.0259. The zero-order valence-electron chi connectivity index (χ0n) is 69.0. The monoisotopic (exact) mass is 1870 g/mol. The van der Waals surface area contributed by atoms with Gasteiger partial charge in [0, 0.05) is 113 Å². The molecule has 3 radical (unpaired) electrons. The normalized spacial score (nSPS) is 11.2. The lowest BCUT2D eigenvalue weighted by Crippen LogP contribution is -1.98. The Morgan fingerprint density at radius 2 is 0.496 bits per heavy atom. The van der Waals surface area contributed by atoms with Gasteiger partial charge in [0.1, 0.15) is 0 Å². The van der Waals surface area contributed by atoms with Gasteiger partial charge in [-0.1, -0.05) is 299 Å². The number of benzene rings is 18. The van der Waals surface area contributed by atoms with Gasteiger partial charge in [-0.05, 0) is 255 Å². The quantitative estimate of drug-likeness (QED) is 0.122. The summed E-state index contributed by atoms with van der Waals surface area (Å²) in [6, 6.07) is 165. The maximum Gasteiger partial charge on any atom is 0.300 e. The molecule has 25 rings (SSSR count). The standard InChI is InChI=1S/C58H38N4.C18H12IN.C18H13N.C13H10.C6H5I.C2H4O2.CH4.B.2H2/c1-5-17-39(18-6-1)55-33-41-35-58-42(36-57(41)61(55)45-29-31-53-49(37-45)47-25-13-15-27-51(47)59(53)43-21-9-3-10-22-43)34-56(40-19-7-2-8-20-40)62(58)46-30-32-54-50(38-46)48-26-14-16-28-52(48)60(54)44-23-11-4-12-24-44;19-13-10-11-18-16(12-13)15-8-4-5-9-17(15)20(18)14-6-2-1-3-7-14;1-2-8-14(9-3-1)19-17-12-6-4-10-15(17)16-11-5-7-13-18(16)19;1-3-7-12-10(5-1)9-11-6-2-4-8-13(11)12;7-6-4-2-1-3-5-6;1-2(3)4;;;;/h1-38H;1-12H;1-13H;1-8H,9H2;1-5H;1H3,(H,3,4);1H4;;2*1H/i;;;;;;;;2*1+1. The van der Waals surface area contributed by atoms with E-state index in [1.54, 1.807) is 0 Å². The van der Waals surface area contributed by atoms with Crippen LogP contribution in [0.3, 0.4) is 0 Å². The minimum Gasteiger partial charge on any atom is -0.481 e. The number of hydrogen-bond donors (Lipinski definition) is 1. The van der Waals surface area contributed by atoms with Crippen LogP contribution in [-0.2, 0) is 11.2 Å². The average molecular weight is 1870 g/mol. The van der Waals surface area contributed by atoms with Crippen LogP contribution in [0.5, 0.6) is 0 Å². The van der Waals surface area contributed by atoms with E-state index in [9.17, 15) is 0 Å². The van der Waals surface area contributed by atoms with Crippen molar-refractivity contribution in [2.75, 3.05) is 0 Å². The summed E-state index contributed by atoms with van der Waals surface area (Å²) < 4.78 is 16.9. The van der Waals surface area contributed by atoms with Crippen molar-refractivity contribution < 1.29 is 12.8 Å². The maximum atomic E-state index is 9.00. The van der Waals surface area contributed by atoms with Gasteiger partial charge in [-0.3, -0.25) is 4.79 Å². The summed E-state index contributed by atoms with van der Waals surface area (Å²) in [7, 11) is 0. The van der Waals surface area contributed by atoms with E-state index >= 15 is 0 Å². The molecular weight excluding hydrogens is 1770 g/mol. The van der Waals surface area contributed by atoms with E-state index in [2.05, 4.69) is 515 Å². The molecule has 11 heteroatoms. The molecular formula is C116H90BI2N6O2. The fourth-order valence-electron chi connectivity index (χ4n) is 18.1. The highest BCUT2D eigenvalue weighted by molar-refractivity contribution is 14.1. The van der Waals surface area contributed by atoms with E-state index in [4.69, 9.17) is 9.90 Å². The molecule has 18 aromatic carbocycles. The largest absolute Gasteiger partial charge is 0.481 e. The van der Waals surface area contributed by atoms with E-state index in [-0.39, 0.29) is 18.7 Å². The Kier molecular flexibility index (Phi) is 24.2. The number of carboxylic acids is 1. The molecule has 1 aliphatic carbocycles. The number of rotatable bonds is 8. The lowest BCUT2D eigenvalue weighted by atomic mass is 10.1. The van der Waals surface area contributed by atoms with E-state index in [1.165, 1.54) is 161 Å². The Bertz CT molecular complexity index is 7720. The number of carbonyl (C=O) groups is 1. The molecule has 0 unspecified atom stereocenters. The number of fused-ring (bicyclic) bond motifs is 17. The Morgan fingerprint density at radius 3 is 0.811 bits per heavy atom. The summed E-state index contributed by atoms with van der Waals surface area (Å²) in [4.78, 5) is 9.00. The third kappa shape index (κ3) is 16.3. The van der Waals surface area contributed by atoms with Crippen LogP contribution in [0.2, 0.25) is 0 Å². The van der Waals surface area contributed by atoms with Gasteiger partial charge in [-0.15, -0.1) is 0 Å². The SMILES string of the molecule is C.CC(=O)O.Ic1ccc2c(c1)c1ccccc1n2-c1ccccc1.Ic1ccccc1.[2HH].[2HH].[B].c1ccc(-c2cc3cc4c(cc(-c5ccccc5)n4-c4ccc5c(c4)c4ccccc4n5-c4ccccc4)cc3n2-c2ccc3c(c2)c2ccccc2n3-c2ccccc2)cc1.c1ccc(-n2c3ccccc3c3ccccc32)cc1.c1ccc2c(c1)Cc1ccccc1-2. The number of aromatic nitrogens is 6. The predicted molar refractivity (Wildman–Crippen MR) is 558 cm³/mol. The summed E-state index contributed by atoms with van der Waals surface area (Å²) in [6.07, 6.45) is 1.10. The molecule has 127 heavy (non-hydrogen) atoms. The molecule has 613 valence electrons. The maximum absolute atomic E-state index is 9.00. The molecule has 0 saturated carbocycles. The van der Waals surface area contributed by atoms with Gasteiger partial charge in [0.15, 0.2) is 0 Å². The van der Waals surface area contributed by atoms with Crippen molar-refractivity contribution in [3.63, 3.8) is 0 Å². The second kappa shape index (κ2) is 37.0. The second-order valence-corrected chi connectivity index (χ2v) is 33.6. The summed E-state index contributed by atoms with van der Waals surface area (Å²) in [5.74, 6) is -0.833. The highest BCUT2D eigenvalue weighted by Crippen LogP contribution is 2.44. The zero-order chi connectivity index (χ0) is 84.3. The smallest absolute Gasteiger partial charge is 0.300 e. The molecule has 0 fully saturated rings. The summed E-state index contributed by atoms with van der Waals surface area (Å²) in [5.41, 5.74) is 29.6. The first-order valence-electron chi connectivity index (χ1n) is 42.0. The van der Waals surface area contributed by atoms with Gasteiger partial charge in [0.25, 0.3) is 5.97 Å². The third-order valence-corrected chi connectivity index (χ3v) is 24.8. The Labute approximate surface area is 770 Å². The average Bonchev–Trinajstić information content (AvgIpc) is 1.55. The number of aliphatic carboxylic acids is 1.